The highest BCUT2D eigenvalue weighted by Gasteiger charge is 2.31. The smallest absolute Gasteiger partial charge is 0.301 e. The monoisotopic (exact) mass is 558 g/mol. The van der Waals surface area contributed by atoms with Crippen LogP contribution in [0.5, 0.6) is 0 Å². The fourth-order valence-corrected chi connectivity index (χ4v) is 7.59. The summed E-state index contributed by atoms with van der Waals surface area (Å²) in [6.07, 6.45) is 15.2. The first-order valence-electron chi connectivity index (χ1n) is 13.8. The van der Waals surface area contributed by atoms with Gasteiger partial charge in [0.05, 0.1) is 18.6 Å². The summed E-state index contributed by atoms with van der Waals surface area (Å²) >= 11 is 0. The van der Waals surface area contributed by atoms with Gasteiger partial charge in [0.1, 0.15) is 16.7 Å². The molecule has 12 heteroatoms. The number of aromatic amines is 1. The maximum atomic E-state index is 13.7. The van der Waals surface area contributed by atoms with Crippen molar-refractivity contribution in [3.63, 3.8) is 0 Å². The summed E-state index contributed by atoms with van der Waals surface area (Å²) in [7, 11) is -4.04. The van der Waals surface area contributed by atoms with Crippen LogP contribution in [0, 0.1) is 5.92 Å². The Morgan fingerprint density at radius 3 is 2.60 bits per heavy atom. The van der Waals surface area contributed by atoms with E-state index in [0.717, 1.165) is 72.5 Å². The van der Waals surface area contributed by atoms with Crippen molar-refractivity contribution in [2.45, 2.75) is 55.9 Å². The molecule has 0 radical (unpaired) electrons. The Hall–Kier alpha value is -4.06. The Morgan fingerprint density at radius 1 is 0.950 bits per heavy atom. The molecule has 206 valence electrons. The molecule has 0 unspecified atom stereocenters. The van der Waals surface area contributed by atoms with Gasteiger partial charge in [-0.3, -0.25) is 19.3 Å². The highest BCUT2D eigenvalue weighted by Crippen LogP contribution is 2.36. The Labute approximate surface area is 231 Å². The molecule has 1 aliphatic carbocycles. The number of rotatable bonds is 5. The predicted molar refractivity (Wildman–Crippen MR) is 148 cm³/mol. The zero-order valence-electron chi connectivity index (χ0n) is 22.0. The van der Waals surface area contributed by atoms with Crippen molar-refractivity contribution >= 4 is 32.6 Å². The molecule has 0 atom stereocenters. The van der Waals surface area contributed by atoms with Crippen molar-refractivity contribution in [1.29, 1.82) is 0 Å². The molecule has 1 saturated heterocycles. The van der Waals surface area contributed by atoms with Crippen molar-refractivity contribution in [2.24, 2.45) is 5.92 Å². The number of piperidine rings is 1. The normalized spacial score (nSPS) is 17.6. The van der Waals surface area contributed by atoms with Gasteiger partial charge < -0.3 is 4.90 Å². The molecule has 40 heavy (non-hydrogen) atoms. The Kier molecular flexibility index (Phi) is 6.14. The van der Waals surface area contributed by atoms with Gasteiger partial charge >= 0.3 is 10.0 Å². The van der Waals surface area contributed by atoms with E-state index in [0.29, 0.717) is 22.6 Å². The van der Waals surface area contributed by atoms with E-state index in [1.807, 2.05) is 4.90 Å². The molecule has 1 aliphatic heterocycles. The maximum absolute atomic E-state index is 13.7. The van der Waals surface area contributed by atoms with Crippen LogP contribution in [0.2, 0.25) is 0 Å². The van der Waals surface area contributed by atoms with E-state index in [9.17, 15) is 13.2 Å². The van der Waals surface area contributed by atoms with E-state index in [1.54, 1.807) is 42.9 Å². The van der Waals surface area contributed by atoms with Gasteiger partial charge in [0.25, 0.3) is 0 Å². The van der Waals surface area contributed by atoms with Gasteiger partial charge in [-0.25, -0.2) is 4.98 Å². The van der Waals surface area contributed by atoms with Crippen molar-refractivity contribution in [3.8, 4) is 11.1 Å². The average Bonchev–Trinajstić information content (AvgIpc) is 3.75. The number of hydrogen-bond donors (Lipinski definition) is 1. The lowest BCUT2D eigenvalue weighted by atomic mass is 9.86. The molecule has 6 heterocycles. The molecule has 1 N–H and O–H groups in total. The fraction of sp³-hybridized carbons (Fsp3) is 0.393. The highest BCUT2D eigenvalue weighted by molar-refractivity contribution is 7.90. The largest absolute Gasteiger partial charge is 0.342 e. The zero-order valence-corrected chi connectivity index (χ0v) is 22.8. The standard InChI is InChI=1S/C28H30N8O3S/c37-28(20-6-2-1-3-7-20)34-12-9-19(10-13-34)27-22(16-31-33-27)21-14-24-23(29-15-21)17-32-36(24)40(38,39)26-18-30-25-8-4-5-11-35(25)26/h4-5,8,11,14-20H,1-3,6-7,9-10,12-13H2,(H,31,33). The molecule has 0 bridgehead atoms. The summed E-state index contributed by atoms with van der Waals surface area (Å²) in [5.41, 5.74) is 4.01. The van der Waals surface area contributed by atoms with Crippen LogP contribution in [0.15, 0.2) is 60.3 Å². The van der Waals surface area contributed by atoms with Gasteiger partial charge in [0, 0.05) is 54.1 Å². The fourth-order valence-electron chi connectivity index (χ4n) is 6.25. The quantitative estimate of drug-likeness (QED) is 0.345. The van der Waals surface area contributed by atoms with Gasteiger partial charge in [-0.15, -0.1) is 0 Å². The summed E-state index contributed by atoms with van der Waals surface area (Å²) in [6, 6.07) is 7.10. The average molecular weight is 559 g/mol. The lowest BCUT2D eigenvalue weighted by Gasteiger charge is -2.35. The lowest BCUT2D eigenvalue weighted by Crippen LogP contribution is -2.42. The first-order valence-corrected chi connectivity index (χ1v) is 15.3. The predicted octanol–water partition coefficient (Wildman–Crippen LogP) is 3.99. The van der Waals surface area contributed by atoms with E-state index in [4.69, 9.17) is 0 Å². The molecular formula is C28H30N8O3S. The van der Waals surface area contributed by atoms with Crippen LogP contribution in [0.1, 0.15) is 56.6 Å². The second-order valence-corrected chi connectivity index (χ2v) is 12.5. The summed E-state index contributed by atoms with van der Waals surface area (Å²) in [6.45, 7) is 1.47. The van der Waals surface area contributed by atoms with Crippen molar-refractivity contribution in [1.82, 2.24) is 38.7 Å². The number of pyridine rings is 2. The third kappa shape index (κ3) is 4.17. The SMILES string of the molecule is O=C(C1CCCCC1)N1CCC(c2[nH]ncc2-c2cnc3cnn(S(=O)(=O)c4cnc5ccccn45)c3c2)CC1. The number of carbonyl (C=O) groups excluding carboxylic acids is 1. The topological polar surface area (TPSA) is 131 Å². The first kappa shape index (κ1) is 24.9. The van der Waals surface area contributed by atoms with Crippen LogP contribution in [0.4, 0.5) is 0 Å². The van der Waals surface area contributed by atoms with Crippen LogP contribution in [0.25, 0.3) is 27.8 Å². The third-order valence-electron chi connectivity index (χ3n) is 8.41. The Bertz CT molecular complexity index is 1810. The van der Waals surface area contributed by atoms with E-state index in [2.05, 4.69) is 25.3 Å². The van der Waals surface area contributed by atoms with Crippen LogP contribution < -0.4 is 0 Å². The van der Waals surface area contributed by atoms with Gasteiger partial charge in [-0.05, 0) is 43.9 Å². The highest BCUT2D eigenvalue weighted by atomic mass is 32.2. The number of amides is 1. The second kappa shape index (κ2) is 9.84. The van der Waals surface area contributed by atoms with Crippen molar-refractivity contribution in [2.75, 3.05) is 13.1 Å². The van der Waals surface area contributed by atoms with E-state index in [-0.39, 0.29) is 16.9 Å². The number of aromatic nitrogens is 7. The van der Waals surface area contributed by atoms with Crippen LogP contribution >= 0.6 is 0 Å². The summed E-state index contributed by atoms with van der Waals surface area (Å²) < 4.78 is 29.9. The number of carbonyl (C=O) groups is 1. The lowest BCUT2D eigenvalue weighted by molar-refractivity contribution is -0.137. The molecule has 2 fully saturated rings. The number of hydrogen-bond acceptors (Lipinski definition) is 7. The molecule has 5 aromatic heterocycles. The second-order valence-electron chi connectivity index (χ2n) is 10.8. The molecule has 7 rings (SSSR count). The summed E-state index contributed by atoms with van der Waals surface area (Å²) in [5.74, 6) is 0.723. The Morgan fingerprint density at radius 2 is 1.77 bits per heavy atom. The van der Waals surface area contributed by atoms with E-state index in [1.165, 1.54) is 23.2 Å². The number of nitrogens with one attached hydrogen (secondary N) is 1. The van der Waals surface area contributed by atoms with Crippen LogP contribution in [0.3, 0.4) is 0 Å². The third-order valence-corrected chi connectivity index (χ3v) is 9.99. The molecular weight excluding hydrogens is 528 g/mol. The molecule has 11 nitrogen and oxygen atoms in total. The van der Waals surface area contributed by atoms with Gasteiger partial charge in [0.2, 0.25) is 5.91 Å². The maximum Gasteiger partial charge on any atom is 0.301 e. The van der Waals surface area contributed by atoms with E-state index >= 15 is 0 Å². The summed E-state index contributed by atoms with van der Waals surface area (Å²) in [5, 5.41) is 11.7. The van der Waals surface area contributed by atoms with Crippen LogP contribution in [-0.2, 0) is 14.8 Å². The van der Waals surface area contributed by atoms with Crippen LogP contribution in [-0.4, -0.2) is 66.1 Å². The number of H-pyrrole nitrogens is 1. The van der Waals surface area contributed by atoms with Gasteiger partial charge in [-0.2, -0.15) is 22.7 Å². The zero-order chi connectivity index (χ0) is 27.3. The minimum Gasteiger partial charge on any atom is -0.342 e. The van der Waals surface area contributed by atoms with Crippen molar-refractivity contribution < 1.29 is 13.2 Å². The summed E-state index contributed by atoms with van der Waals surface area (Å²) in [4.78, 5) is 23.8. The van der Waals surface area contributed by atoms with E-state index < -0.39 is 10.0 Å². The molecule has 2 aliphatic rings. The number of likely N-dealkylation sites (tertiary alicyclic amines) is 1. The number of imidazole rings is 1. The number of nitrogens with zero attached hydrogens (tertiary/aromatic N) is 7. The molecule has 0 aromatic carbocycles. The molecule has 1 amide bonds. The van der Waals surface area contributed by atoms with Crippen molar-refractivity contribution in [3.05, 3.63) is 60.9 Å². The first-order chi connectivity index (χ1) is 19.5. The Balaban J connectivity index is 1.16. The molecule has 0 spiro atoms. The number of fused-ring (bicyclic) bond motifs is 2. The minimum atomic E-state index is -4.04. The minimum absolute atomic E-state index is 0.0250. The van der Waals surface area contributed by atoms with Gasteiger partial charge in [-0.1, -0.05) is 25.3 Å². The van der Waals surface area contributed by atoms with Gasteiger partial charge in [0.15, 0.2) is 5.03 Å². The molecule has 5 aromatic rings. The molecule has 1 saturated carbocycles.